The summed E-state index contributed by atoms with van der Waals surface area (Å²) in [6.45, 7) is 9.19. The van der Waals surface area contributed by atoms with Crippen LogP contribution in [0.1, 0.15) is 44.2 Å². The fourth-order valence-corrected chi connectivity index (χ4v) is 7.07. The Balaban J connectivity index is 1.46. The first-order valence-electron chi connectivity index (χ1n) is 12.5. The molecule has 0 atom stereocenters. The number of aryl methyl sites for hydroxylation is 1. The number of nitrogens with zero attached hydrogens (tertiary/aromatic N) is 3. The summed E-state index contributed by atoms with van der Waals surface area (Å²) >= 11 is 2.21. The van der Waals surface area contributed by atoms with Crippen LogP contribution in [-0.2, 0) is 19.2 Å². The maximum atomic E-state index is 13.0. The van der Waals surface area contributed by atoms with Gasteiger partial charge in [0, 0.05) is 80.4 Å². The topological polar surface area (TPSA) is 62.4 Å². The molecule has 188 valence electrons. The number of piperidine rings is 1. The maximum Gasteiger partial charge on any atom is 0.275 e. The van der Waals surface area contributed by atoms with Crippen molar-refractivity contribution >= 4 is 41.2 Å². The molecule has 0 spiro atoms. The van der Waals surface area contributed by atoms with E-state index >= 15 is 0 Å². The summed E-state index contributed by atoms with van der Waals surface area (Å²) in [6.07, 6.45) is 7.91. The van der Waals surface area contributed by atoms with Gasteiger partial charge in [0.25, 0.3) is 5.56 Å². The van der Waals surface area contributed by atoms with Gasteiger partial charge in [0.1, 0.15) is 5.52 Å². The molecule has 2 saturated heterocycles. The van der Waals surface area contributed by atoms with E-state index in [0.717, 1.165) is 53.5 Å². The van der Waals surface area contributed by atoms with Crippen LogP contribution in [0.4, 0.5) is 0 Å². The molecular formula is C27H35IN4O2S. The standard InChI is InChI=1S/C27H35IN4O2S/c1-27(2,34)21-5-4-20(16-31-14-19(15-31)12-18-6-9-29-10-7-18)23(13-21)24-17-30(3)26(33)25-22(24)8-11-32(25)35-28/h4-5,8,11,13,17-19,29,34H,6-7,9-10,12,14-16H2,1-3H3. The number of benzene rings is 1. The van der Waals surface area contributed by atoms with Crippen LogP contribution >= 0.6 is 30.3 Å². The summed E-state index contributed by atoms with van der Waals surface area (Å²) in [5, 5.41) is 15.2. The third-order valence-corrected chi connectivity index (χ3v) is 9.45. The van der Waals surface area contributed by atoms with Gasteiger partial charge in [0.15, 0.2) is 0 Å². The number of hydrogen-bond donors (Lipinski definition) is 2. The highest BCUT2D eigenvalue weighted by Gasteiger charge is 2.30. The Kier molecular flexibility index (Phi) is 7.38. The normalized spacial score (nSPS) is 18.3. The lowest BCUT2D eigenvalue weighted by molar-refractivity contribution is 0.0697. The molecule has 2 N–H and O–H groups in total. The van der Waals surface area contributed by atoms with Gasteiger partial charge >= 0.3 is 0 Å². The van der Waals surface area contributed by atoms with E-state index in [9.17, 15) is 9.90 Å². The molecule has 2 aromatic heterocycles. The van der Waals surface area contributed by atoms with Crippen molar-refractivity contribution in [1.82, 2.24) is 18.8 Å². The molecule has 2 fully saturated rings. The molecule has 2 aliphatic heterocycles. The van der Waals surface area contributed by atoms with Crippen LogP contribution in [0.15, 0.2) is 41.5 Å². The monoisotopic (exact) mass is 606 g/mol. The third-order valence-electron chi connectivity index (χ3n) is 7.72. The molecule has 2 aliphatic rings. The molecule has 4 heterocycles. The van der Waals surface area contributed by atoms with E-state index in [1.54, 1.807) is 4.57 Å². The Morgan fingerprint density at radius 2 is 1.89 bits per heavy atom. The number of hydrogen-bond acceptors (Lipinski definition) is 5. The summed E-state index contributed by atoms with van der Waals surface area (Å²) in [5.74, 6) is 1.68. The summed E-state index contributed by atoms with van der Waals surface area (Å²) in [5.41, 5.74) is 4.04. The second kappa shape index (κ2) is 10.2. The van der Waals surface area contributed by atoms with Crippen LogP contribution in [0.5, 0.6) is 0 Å². The van der Waals surface area contributed by atoms with E-state index in [-0.39, 0.29) is 5.56 Å². The van der Waals surface area contributed by atoms with Gasteiger partial charge < -0.3 is 15.0 Å². The highest BCUT2D eigenvalue weighted by Crippen LogP contribution is 2.37. The molecule has 0 unspecified atom stereocenters. The van der Waals surface area contributed by atoms with E-state index in [2.05, 4.69) is 49.6 Å². The second-order valence-electron chi connectivity index (χ2n) is 10.9. The molecular weight excluding hydrogens is 571 g/mol. The molecule has 5 rings (SSSR count). The van der Waals surface area contributed by atoms with Gasteiger partial charge in [0.05, 0.1) is 5.60 Å². The van der Waals surface area contributed by atoms with Gasteiger partial charge in [-0.2, -0.15) is 0 Å². The minimum Gasteiger partial charge on any atom is -0.386 e. The number of rotatable bonds is 7. The Labute approximate surface area is 223 Å². The van der Waals surface area contributed by atoms with Crippen molar-refractivity contribution < 1.29 is 5.11 Å². The number of likely N-dealkylation sites (tertiary alicyclic amines) is 1. The number of aromatic nitrogens is 2. The molecule has 0 amide bonds. The average molecular weight is 607 g/mol. The average Bonchev–Trinajstić information content (AvgIpc) is 3.25. The Bertz CT molecular complexity index is 1270. The van der Waals surface area contributed by atoms with Gasteiger partial charge in [-0.3, -0.25) is 13.7 Å². The Hall–Kier alpha value is -1.33. The number of pyridine rings is 1. The lowest BCUT2D eigenvalue weighted by Crippen LogP contribution is -2.47. The van der Waals surface area contributed by atoms with Crippen molar-refractivity contribution in [2.45, 2.75) is 45.3 Å². The van der Waals surface area contributed by atoms with Crippen LogP contribution in [0.2, 0.25) is 0 Å². The van der Waals surface area contributed by atoms with Crippen LogP contribution < -0.4 is 10.9 Å². The molecule has 0 saturated carbocycles. The second-order valence-corrected chi connectivity index (χ2v) is 12.6. The van der Waals surface area contributed by atoms with Gasteiger partial charge in [-0.15, -0.1) is 0 Å². The zero-order valence-corrected chi connectivity index (χ0v) is 23.7. The SMILES string of the molecule is Cn1cc(-c2cc(C(C)(C)O)ccc2CN2CC(CC3CCNCC3)C2)c2ccn(SI)c2c1=O. The summed E-state index contributed by atoms with van der Waals surface area (Å²) in [6, 6.07) is 8.38. The predicted octanol–water partition coefficient (Wildman–Crippen LogP) is 4.90. The smallest absolute Gasteiger partial charge is 0.275 e. The summed E-state index contributed by atoms with van der Waals surface area (Å²) < 4.78 is 3.61. The zero-order valence-electron chi connectivity index (χ0n) is 20.8. The summed E-state index contributed by atoms with van der Waals surface area (Å²) in [4.78, 5) is 15.5. The number of aliphatic hydroxyl groups is 1. The predicted molar refractivity (Wildman–Crippen MR) is 154 cm³/mol. The van der Waals surface area contributed by atoms with E-state index in [4.69, 9.17) is 0 Å². The largest absolute Gasteiger partial charge is 0.386 e. The van der Waals surface area contributed by atoms with Crippen LogP contribution in [-0.4, -0.2) is 44.7 Å². The first-order chi connectivity index (χ1) is 16.7. The molecule has 0 bridgehead atoms. The van der Waals surface area contributed by atoms with Crippen molar-refractivity contribution in [1.29, 1.82) is 0 Å². The fraction of sp³-hybridized carbons (Fsp3) is 0.519. The molecule has 0 aliphatic carbocycles. The van der Waals surface area contributed by atoms with Gasteiger partial charge in [-0.1, -0.05) is 12.1 Å². The molecule has 0 radical (unpaired) electrons. The molecule has 35 heavy (non-hydrogen) atoms. The third kappa shape index (κ3) is 5.23. The van der Waals surface area contributed by atoms with E-state index in [0.29, 0.717) is 5.52 Å². The van der Waals surface area contributed by atoms with Gasteiger partial charge in [-0.05, 0) is 86.9 Å². The lowest BCUT2D eigenvalue weighted by atomic mass is 9.83. The lowest BCUT2D eigenvalue weighted by Gasteiger charge is -2.42. The van der Waals surface area contributed by atoms with Crippen LogP contribution in [0, 0.1) is 11.8 Å². The fourth-order valence-electron chi connectivity index (χ4n) is 5.73. The van der Waals surface area contributed by atoms with Crippen molar-refractivity contribution in [3.05, 3.63) is 58.1 Å². The first kappa shape index (κ1) is 25.3. The Morgan fingerprint density at radius 3 is 2.57 bits per heavy atom. The minimum absolute atomic E-state index is 0.00149. The highest BCUT2D eigenvalue weighted by molar-refractivity contribution is 14.2. The van der Waals surface area contributed by atoms with Crippen molar-refractivity contribution in [2.75, 3.05) is 26.2 Å². The van der Waals surface area contributed by atoms with E-state index < -0.39 is 5.60 Å². The number of nitrogens with one attached hydrogen (secondary N) is 1. The molecule has 6 nitrogen and oxygen atoms in total. The number of fused-ring (bicyclic) bond motifs is 1. The van der Waals surface area contributed by atoms with Gasteiger partial charge in [0.2, 0.25) is 0 Å². The van der Waals surface area contributed by atoms with Crippen molar-refractivity contribution in [2.24, 2.45) is 18.9 Å². The minimum atomic E-state index is -0.937. The Morgan fingerprint density at radius 1 is 1.14 bits per heavy atom. The molecule has 1 aromatic carbocycles. The van der Waals surface area contributed by atoms with Crippen molar-refractivity contribution in [3.63, 3.8) is 0 Å². The maximum absolute atomic E-state index is 13.0. The molecule has 3 aromatic rings. The molecule has 8 heteroatoms. The quantitative estimate of drug-likeness (QED) is 0.375. The van der Waals surface area contributed by atoms with Crippen molar-refractivity contribution in [3.8, 4) is 11.1 Å². The summed E-state index contributed by atoms with van der Waals surface area (Å²) in [7, 11) is 3.32. The first-order valence-corrected chi connectivity index (χ1v) is 15.8. The van der Waals surface area contributed by atoms with E-state index in [1.165, 1.54) is 47.0 Å². The highest BCUT2D eigenvalue weighted by atomic mass is 127. The van der Waals surface area contributed by atoms with Crippen LogP contribution in [0.3, 0.4) is 0 Å². The van der Waals surface area contributed by atoms with Gasteiger partial charge in [-0.25, -0.2) is 0 Å². The van der Waals surface area contributed by atoms with E-state index in [1.807, 2.05) is 43.3 Å². The van der Waals surface area contributed by atoms with Crippen LogP contribution in [0.25, 0.3) is 22.0 Å². The zero-order chi connectivity index (χ0) is 24.7. The number of halogens is 1.